The SMILES string of the molecule is CCOc1ccc(CCC(=O)NCCCOc2cccc3cccnc23)cc1. The highest BCUT2D eigenvalue weighted by Gasteiger charge is 2.04. The molecule has 0 bridgehead atoms. The summed E-state index contributed by atoms with van der Waals surface area (Å²) in [6, 6.07) is 17.7. The van der Waals surface area contributed by atoms with Gasteiger partial charge in [-0.15, -0.1) is 0 Å². The number of nitrogens with zero attached hydrogens (tertiary/aromatic N) is 1. The van der Waals surface area contributed by atoms with Gasteiger partial charge in [0.25, 0.3) is 0 Å². The Hall–Kier alpha value is -3.08. The van der Waals surface area contributed by atoms with Crippen LogP contribution < -0.4 is 14.8 Å². The Balaban J connectivity index is 1.34. The first-order valence-corrected chi connectivity index (χ1v) is 9.71. The molecule has 0 atom stereocenters. The van der Waals surface area contributed by atoms with Gasteiger partial charge >= 0.3 is 0 Å². The number of pyridine rings is 1. The second-order valence-electron chi connectivity index (χ2n) is 6.46. The molecule has 1 heterocycles. The average Bonchev–Trinajstić information content (AvgIpc) is 2.73. The maximum Gasteiger partial charge on any atom is 0.220 e. The Morgan fingerprint density at radius 1 is 1.04 bits per heavy atom. The summed E-state index contributed by atoms with van der Waals surface area (Å²) in [5.74, 6) is 1.69. The lowest BCUT2D eigenvalue weighted by Crippen LogP contribution is -2.25. The number of fused-ring (bicyclic) bond motifs is 1. The monoisotopic (exact) mass is 378 g/mol. The fourth-order valence-electron chi connectivity index (χ4n) is 2.94. The molecule has 1 aromatic heterocycles. The number of para-hydroxylation sites is 1. The minimum Gasteiger partial charge on any atom is -0.494 e. The Morgan fingerprint density at radius 3 is 2.68 bits per heavy atom. The zero-order chi connectivity index (χ0) is 19.6. The zero-order valence-corrected chi connectivity index (χ0v) is 16.2. The molecule has 0 aliphatic heterocycles. The number of hydrogen-bond acceptors (Lipinski definition) is 4. The third kappa shape index (κ3) is 5.71. The Labute approximate surface area is 165 Å². The first kappa shape index (κ1) is 19.7. The summed E-state index contributed by atoms with van der Waals surface area (Å²) in [6.45, 7) is 3.75. The number of carbonyl (C=O) groups excluding carboxylic acids is 1. The minimum absolute atomic E-state index is 0.0562. The van der Waals surface area contributed by atoms with Crippen LogP contribution in [0, 0.1) is 0 Å². The van der Waals surface area contributed by atoms with Crippen molar-refractivity contribution in [2.45, 2.75) is 26.2 Å². The van der Waals surface area contributed by atoms with Crippen molar-refractivity contribution in [2.75, 3.05) is 19.8 Å². The number of hydrogen-bond donors (Lipinski definition) is 1. The summed E-state index contributed by atoms with van der Waals surface area (Å²) in [6.07, 6.45) is 3.70. The standard InChI is InChI=1S/C23H26N2O3/c1-2-27-20-12-9-18(10-13-20)11-14-22(26)24-16-5-17-28-21-8-3-6-19-7-4-15-25-23(19)21/h3-4,6-10,12-13,15H,2,5,11,14,16-17H2,1H3,(H,24,26). The zero-order valence-electron chi connectivity index (χ0n) is 16.2. The molecule has 5 nitrogen and oxygen atoms in total. The molecule has 1 N–H and O–H groups in total. The van der Waals surface area contributed by atoms with E-state index in [9.17, 15) is 4.79 Å². The van der Waals surface area contributed by atoms with Gasteiger partial charge in [0.2, 0.25) is 5.91 Å². The van der Waals surface area contributed by atoms with Crippen LogP contribution in [0.3, 0.4) is 0 Å². The number of aromatic nitrogens is 1. The van der Waals surface area contributed by atoms with Crippen LogP contribution in [0.15, 0.2) is 60.8 Å². The van der Waals surface area contributed by atoms with E-state index < -0.39 is 0 Å². The summed E-state index contributed by atoms with van der Waals surface area (Å²) in [7, 11) is 0. The molecule has 3 rings (SSSR count). The summed E-state index contributed by atoms with van der Waals surface area (Å²) in [4.78, 5) is 16.4. The molecular formula is C23H26N2O3. The van der Waals surface area contributed by atoms with Gasteiger partial charge in [-0.25, -0.2) is 0 Å². The smallest absolute Gasteiger partial charge is 0.220 e. The quantitative estimate of drug-likeness (QED) is 0.539. The molecule has 0 aliphatic carbocycles. The van der Waals surface area contributed by atoms with Crippen molar-refractivity contribution in [3.63, 3.8) is 0 Å². The first-order chi connectivity index (χ1) is 13.8. The van der Waals surface area contributed by atoms with E-state index in [1.807, 2.05) is 61.5 Å². The van der Waals surface area contributed by atoms with E-state index in [0.29, 0.717) is 26.2 Å². The molecule has 2 aromatic carbocycles. The maximum absolute atomic E-state index is 12.0. The van der Waals surface area contributed by atoms with Crippen molar-refractivity contribution in [1.82, 2.24) is 10.3 Å². The van der Waals surface area contributed by atoms with E-state index in [1.54, 1.807) is 6.20 Å². The van der Waals surface area contributed by atoms with Crippen LogP contribution in [0.1, 0.15) is 25.3 Å². The fraction of sp³-hybridized carbons (Fsp3) is 0.304. The Bertz CT molecular complexity index is 888. The van der Waals surface area contributed by atoms with Crippen molar-refractivity contribution in [2.24, 2.45) is 0 Å². The second-order valence-corrected chi connectivity index (χ2v) is 6.46. The Kier molecular flexibility index (Phi) is 7.24. The normalized spacial score (nSPS) is 10.6. The molecule has 5 heteroatoms. The summed E-state index contributed by atoms with van der Waals surface area (Å²) in [5, 5.41) is 4.01. The number of nitrogens with one attached hydrogen (secondary N) is 1. The van der Waals surface area contributed by atoms with Gasteiger partial charge in [0.15, 0.2) is 0 Å². The molecule has 0 aliphatic rings. The predicted molar refractivity (Wildman–Crippen MR) is 111 cm³/mol. The molecule has 28 heavy (non-hydrogen) atoms. The van der Waals surface area contributed by atoms with Crippen LogP contribution in [-0.2, 0) is 11.2 Å². The number of carbonyl (C=O) groups is 1. The molecule has 0 spiro atoms. The van der Waals surface area contributed by atoms with E-state index in [4.69, 9.17) is 9.47 Å². The predicted octanol–water partition coefficient (Wildman–Crippen LogP) is 4.15. The molecule has 3 aromatic rings. The minimum atomic E-state index is 0.0562. The molecule has 0 fully saturated rings. The fourth-order valence-corrected chi connectivity index (χ4v) is 2.94. The number of amides is 1. The van der Waals surface area contributed by atoms with Gasteiger partial charge in [-0.2, -0.15) is 0 Å². The largest absolute Gasteiger partial charge is 0.494 e. The van der Waals surface area contributed by atoms with E-state index >= 15 is 0 Å². The molecule has 146 valence electrons. The summed E-state index contributed by atoms with van der Waals surface area (Å²) < 4.78 is 11.3. The maximum atomic E-state index is 12.0. The molecule has 0 saturated carbocycles. The number of ether oxygens (including phenoxy) is 2. The topological polar surface area (TPSA) is 60.5 Å². The van der Waals surface area contributed by atoms with Gasteiger partial charge in [-0.1, -0.05) is 30.3 Å². The van der Waals surface area contributed by atoms with Gasteiger partial charge in [-0.3, -0.25) is 9.78 Å². The highest BCUT2D eigenvalue weighted by atomic mass is 16.5. The van der Waals surface area contributed by atoms with E-state index in [1.165, 1.54) is 0 Å². The number of rotatable bonds is 10. The van der Waals surface area contributed by atoms with E-state index in [-0.39, 0.29) is 5.91 Å². The molecule has 0 unspecified atom stereocenters. The van der Waals surface area contributed by atoms with Gasteiger partial charge in [0.1, 0.15) is 17.0 Å². The van der Waals surface area contributed by atoms with Crippen molar-refractivity contribution >= 4 is 16.8 Å². The van der Waals surface area contributed by atoms with Crippen molar-refractivity contribution in [3.8, 4) is 11.5 Å². The first-order valence-electron chi connectivity index (χ1n) is 9.71. The van der Waals surface area contributed by atoms with Crippen LogP contribution in [0.25, 0.3) is 10.9 Å². The molecule has 1 amide bonds. The molecule has 0 radical (unpaired) electrons. The van der Waals surface area contributed by atoms with Gasteiger partial charge in [-0.05, 0) is 49.6 Å². The molecular weight excluding hydrogens is 352 g/mol. The van der Waals surface area contributed by atoms with E-state index in [2.05, 4.69) is 10.3 Å². The second kappa shape index (κ2) is 10.3. The number of aryl methyl sites for hydroxylation is 1. The van der Waals surface area contributed by atoms with Crippen LogP contribution in [0.5, 0.6) is 11.5 Å². The van der Waals surface area contributed by atoms with Crippen LogP contribution in [0.4, 0.5) is 0 Å². The van der Waals surface area contributed by atoms with Crippen molar-refractivity contribution < 1.29 is 14.3 Å². The Morgan fingerprint density at radius 2 is 1.86 bits per heavy atom. The van der Waals surface area contributed by atoms with Gasteiger partial charge in [0, 0.05) is 24.5 Å². The van der Waals surface area contributed by atoms with Crippen LogP contribution in [-0.4, -0.2) is 30.6 Å². The lowest BCUT2D eigenvalue weighted by Gasteiger charge is -2.09. The lowest BCUT2D eigenvalue weighted by molar-refractivity contribution is -0.121. The van der Waals surface area contributed by atoms with Gasteiger partial charge in [0.05, 0.1) is 13.2 Å². The lowest BCUT2D eigenvalue weighted by atomic mass is 10.1. The third-order valence-corrected chi connectivity index (χ3v) is 4.37. The summed E-state index contributed by atoms with van der Waals surface area (Å²) in [5.41, 5.74) is 2.00. The number of benzene rings is 2. The molecule has 0 saturated heterocycles. The van der Waals surface area contributed by atoms with Gasteiger partial charge < -0.3 is 14.8 Å². The van der Waals surface area contributed by atoms with Crippen molar-refractivity contribution in [1.29, 1.82) is 0 Å². The van der Waals surface area contributed by atoms with Crippen molar-refractivity contribution in [3.05, 3.63) is 66.4 Å². The highest BCUT2D eigenvalue weighted by Crippen LogP contribution is 2.22. The van der Waals surface area contributed by atoms with Crippen LogP contribution in [0.2, 0.25) is 0 Å². The third-order valence-electron chi connectivity index (χ3n) is 4.37. The summed E-state index contributed by atoms with van der Waals surface area (Å²) >= 11 is 0. The van der Waals surface area contributed by atoms with Crippen LogP contribution >= 0.6 is 0 Å². The highest BCUT2D eigenvalue weighted by molar-refractivity contribution is 5.84. The average molecular weight is 378 g/mol. The van der Waals surface area contributed by atoms with E-state index in [0.717, 1.165) is 40.8 Å².